The molecule has 0 N–H and O–H groups in total. The Labute approximate surface area is 111 Å². The lowest BCUT2D eigenvalue weighted by Crippen LogP contribution is -2.13. The van der Waals surface area contributed by atoms with Gasteiger partial charge in [0.1, 0.15) is 0 Å². The van der Waals surface area contributed by atoms with Crippen molar-refractivity contribution in [2.75, 3.05) is 26.2 Å². The highest BCUT2D eigenvalue weighted by Gasteiger charge is 2.13. The van der Waals surface area contributed by atoms with E-state index in [1.807, 2.05) is 18.2 Å². The molecule has 0 heterocycles. The minimum atomic E-state index is 0.490. The number of halogens is 1. The summed E-state index contributed by atoms with van der Waals surface area (Å²) < 4.78 is 16.4. The minimum absolute atomic E-state index is 0.490. The van der Waals surface area contributed by atoms with Crippen LogP contribution in [0.1, 0.15) is 13.3 Å². The molecule has 0 aromatic heterocycles. The van der Waals surface area contributed by atoms with Crippen LogP contribution in [0.3, 0.4) is 0 Å². The molecule has 0 bridgehead atoms. The maximum atomic E-state index is 5.81. The van der Waals surface area contributed by atoms with Gasteiger partial charge in [0.2, 0.25) is 5.75 Å². The van der Waals surface area contributed by atoms with Crippen LogP contribution in [0.2, 0.25) is 0 Å². The number of benzene rings is 1. The van der Waals surface area contributed by atoms with Crippen LogP contribution in [0.15, 0.2) is 18.2 Å². The predicted octanol–water partition coefficient (Wildman–Crippen LogP) is 3.50. The average Bonchev–Trinajstić information content (AvgIpc) is 2.39. The van der Waals surface area contributed by atoms with Crippen LogP contribution in [-0.2, 0) is 0 Å². The van der Waals surface area contributed by atoms with Crippen molar-refractivity contribution in [3.8, 4) is 17.2 Å². The number of rotatable bonds is 7. The molecule has 0 spiro atoms. The summed E-state index contributed by atoms with van der Waals surface area (Å²) in [6.45, 7) is 2.80. The minimum Gasteiger partial charge on any atom is -0.493 e. The lowest BCUT2D eigenvalue weighted by Gasteiger charge is -2.17. The fourth-order valence-corrected chi connectivity index (χ4v) is 2.08. The van der Waals surface area contributed by atoms with E-state index in [2.05, 4.69) is 22.9 Å². The van der Waals surface area contributed by atoms with Crippen LogP contribution in [0.4, 0.5) is 0 Å². The summed E-state index contributed by atoms with van der Waals surface area (Å²) >= 11 is 3.48. The van der Waals surface area contributed by atoms with Crippen LogP contribution in [0, 0.1) is 5.92 Å². The van der Waals surface area contributed by atoms with Crippen LogP contribution < -0.4 is 14.2 Å². The normalized spacial score (nSPS) is 12.0. The predicted molar refractivity (Wildman–Crippen MR) is 72.6 cm³/mol. The van der Waals surface area contributed by atoms with E-state index in [4.69, 9.17) is 14.2 Å². The number of para-hydroxylation sites is 1. The van der Waals surface area contributed by atoms with E-state index in [0.717, 1.165) is 11.8 Å². The van der Waals surface area contributed by atoms with E-state index in [-0.39, 0.29) is 0 Å². The first kappa shape index (κ1) is 14.2. The van der Waals surface area contributed by atoms with E-state index >= 15 is 0 Å². The molecule has 3 nitrogen and oxygen atoms in total. The molecule has 1 aromatic rings. The van der Waals surface area contributed by atoms with Gasteiger partial charge in [-0.2, -0.15) is 0 Å². The molecular formula is C13H19BrO3. The fourth-order valence-electron chi connectivity index (χ4n) is 1.43. The van der Waals surface area contributed by atoms with Gasteiger partial charge in [-0.25, -0.2) is 0 Å². The molecule has 1 unspecified atom stereocenters. The molecule has 0 aliphatic rings. The van der Waals surface area contributed by atoms with Crippen molar-refractivity contribution in [1.82, 2.24) is 0 Å². The molecule has 1 rings (SSSR count). The molecule has 0 aliphatic carbocycles. The Morgan fingerprint density at radius 1 is 1.18 bits per heavy atom. The van der Waals surface area contributed by atoms with Crippen molar-refractivity contribution in [3.05, 3.63) is 18.2 Å². The highest BCUT2D eigenvalue weighted by Crippen LogP contribution is 2.37. The van der Waals surface area contributed by atoms with Crippen LogP contribution in [0.5, 0.6) is 17.2 Å². The van der Waals surface area contributed by atoms with E-state index in [1.54, 1.807) is 14.2 Å². The first-order valence-electron chi connectivity index (χ1n) is 5.66. The molecule has 0 amide bonds. The molecule has 0 saturated heterocycles. The van der Waals surface area contributed by atoms with E-state index < -0.39 is 0 Å². The van der Waals surface area contributed by atoms with Gasteiger partial charge in [0.05, 0.1) is 20.8 Å². The lowest BCUT2D eigenvalue weighted by molar-refractivity contribution is 0.235. The molecule has 0 aliphatic heterocycles. The smallest absolute Gasteiger partial charge is 0.203 e. The van der Waals surface area contributed by atoms with Crippen molar-refractivity contribution in [1.29, 1.82) is 0 Å². The second-order valence-corrected chi connectivity index (χ2v) is 4.38. The monoisotopic (exact) mass is 302 g/mol. The molecule has 1 aromatic carbocycles. The quantitative estimate of drug-likeness (QED) is 0.722. The van der Waals surface area contributed by atoms with Crippen LogP contribution in [-0.4, -0.2) is 26.2 Å². The summed E-state index contributed by atoms with van der Waals surface area (Å²) in [5.74, 6) is 2.57. The van der Waals surface area contributed by atoms with Gasteiger partial charge in [-0.3, -0.25) is 0 Å². The number of alkyl halides is 1. The van der Waals surface area contributed by atoms with E-state index in [9.17, 15) is 0 Å². The maximum Gasteiger partial charge on any atom is 0.203 e. The summed E-state index contributed by atoms with van der Waals surface area (Å²) in [6, 6.07) is 5.62. The van der Waals surface area contributed by atoms with Crippen molar-refractivity contribution in [3.63, 3.8) is 0 Å². The van der Waals surface area contributed by atoms with Gasteiger partial charge >= 0.3 is 0 Å². The maximum absolute atomic E-state index is 5.81. The highest BCUT2D eigenvalue weighted by atomic mass is 79.9. The second-order valence-electron chi connectivity index (χ2n) is 3.73. The second kappa shape index (κ2) is 7.43. The molecule has 0 radical (unpaired) electrons. The molecule has 17 heavy (non-hydrogen) atoms. The first-order valence-corrected chi connectivity index (χ1v) is 6.78. The van der Waals surface area contributed by atoms with Crippen molar-refractivity contribution >= 4 is 15.9 Å². The summed E-state index contributed by atoms with van der Waals surface area (Å²) in [6.07, 6.45) is 1.07. The number of hydrogen-bond donors (Lipinski definition) is 0. The summed E-state index contributed by atoms with van der Waals surface area (Å²) in [4.78, 5) is 0. The largest absolute Gasteiger partial charge is 0.493 e. The van der Waals surface area contributed by atoms with Gasteiger partial charge in [-0.1, -0.05) is 28.9 Å². The van der Waals surface area contributed by atoms with Gasteiger partial charge in [-0.15, -0.1) is 0 Å². The van der Waals surface area contributed by atoms with Crippen LogP contribution >= 0.6 is 15.9 Å². The van der Waals surface area contributed by atoms with Gasteiger partial charge in [0.15, 0.2) is 11.5 Å². The van der Waals surface area contributed by atoms with Crippen molar-refractivity contribution in [2.45, 2.75) is 13.3 Å². The van der Waals surface area contributed by atoms with Crippen molar-refractivity contribution < 1.29 is 14.2 Å². The van der Waals surface area contributed by atoms with Gasteiger partial charge in [0, 0.05) is 11.2 Å². The Kier molecular flexibility index (Phi) is 6.19. The van der Waals surface area contributed by atoms with Crippen LogP contribution in [0.25, 0.3) is 0 Å². The Morgan fingerprint density at radius 2 is 1.76 bits per heavy atom. The van der Waals surface area contributed by atoms with Crippen molar-refractivity contribution in [2.24, 2.45) is 5.92 Å². The molecule has 1 atom stereocenters. The Balaban J connectivity index is 2.80. The zero-order valence-corrected chi connectivity index (χ0v) is 12.1. The first-order chi connectivity index (χ1) is 8.26. The zero-order chi connectivity index (χ0) is 12.7. The Hall–Kier alpha value is -0.900. The number of methoxy groups -OCH3 is 2. The van der Waals surface area contributed by atoms with E-state index in [1.165, 1.54) is 0 Å². The fraction of sp³-hybridized carbons (Fsp3) is 0.538. The molecular weight excluding hydrogens is 284 g/mol. The third-order valence-electron chi connectivity index (χ3n) is 2.64. The third kappa shape index (κ3) is 3.80. The lowest BCUT2D eigenvalue weighted by atomic mass is 10.1. The Bertz CT molecular complexity index is 315. The summed E-state index contributed by atoms with van der Waals surface area (Å²) in [7, 11) is 3.26. The Morgan fingerprint density at radius 3 is 2.18 bits per heavy atom. The summed E-state index contributed by atoms with van der Waals surface area (Å²) in [5.41, 5.74) is 0. The van der Waals surface area contributed by atoms with E-state index in [0.29, 0.717) is 29.8 Å². The topological polar surface area (TPSA) is 27.7 Å². The average molecular weight is 303 g/mol. The van der Waals surface area contributed by atoms with Gasteiger partial charge in [0.25, 0.3) is 0 Å². The zero-order valence-electron chi connectivity index (χ0n) is 10.5. The number of ether oxygens (including phenoxy) is 3. The molecule has 0 saturated carbocycles. The van der Waals surface area contributed by atoms with Gasteiger partial charge < -0.3 is 14.2 Å². The molecule has 96 valence electrons. The summed E-state index contributed by atoms with van der Waals surface area (Å²) in [5, 5.41) is 0.932. The molecule has 0 fully saturated rings. The third-order valence-corrected chi connectivity index (χ3v) is 3.56. The highest BCUT2D eigenvalue weighted by molar-refractivity contribution is 9.09. The number of hydrogen-bond acceptors (Lipinski definition) is 3. The van der Waals surface area contributed by atoms with Gasteiger partial charge in [-0.05, 0) is 18.6 Å². The standard InChI is InChI=1S/C13H19BrO3/c1-4-10(8-14)9-17-13-11(15-2)6-5-7-12(13)16-3/h5-7,10H,4,8-9H2,1-3H3. The SMILES string of the molecule is CCC(CBr)COc1c(OC)cccc1OC. The molecule has 4 heteroatoms.